The Morgan fingerprint density at radius 2 is 2.14 bits per heavy atom. The molecule has 1 unspecified atom stereocenters. The first-order valence-corrected chi connectivity index (χ1v) is 11.6. The van der Waals surface area contributed by atoms with Crippen LogP contribution in [0.15, 0.2) is 29.3 Å². The van der Waals surface area contributed by atoms with E-state index in [1.165, 1.54) is 29.5 Å². The summed E-state index contributed by atoms with van der Waals surface area (Å²) in [6.45, 7) is 3.33. The lowest BCUT2D eigenvalue weighted by Crippen LogP contribution is -2.44. The molecule has 0 N–H and O–H groups in total. The van der Waals surface area contributed by atoms with Gasteiger partial charge in [0.2, 0.25) is 5.91 Å². The summed E-state index contributed by atoms with van der Waals surface area (Å²) >= 11 is 2.79. The molecule has 28 heavy (non-hydrogen) atoms. The molecule has 0 radical (unpaired) electrons. The SMILES string of the molecule is C#CCn1c(=NC(=O)CSCC(=O)N2CCCCC2CC)sc2ccccc21. The zero-order chi connectivity index (χ0) is 19.9. The molecule has 0 aliphatic carbocycles. The number of likely N-dealkylation sites (tertiary alicyclic amines) is 1. The van der Waals surface area contributed by atoms with E-state index in [-0.39, 0.29) is 17.6 Å². The van der Waals surface area contributed by atoms with Gasteiger partial charge in [-0.1, -0.05) is 36.3 Å². The van der Waals surface area contributed by atoms with Gasteiger partial charge in [-0.15, -0.1) is 18.2 Å². The minimum atomic E-state index is -0.235. The van der Waals surface area contributed by atoms with Crippen molar-refractivity contribution in [3.05, 3.63) is 29.1 Å². The molecule has 1 fully saturated rings. The molecule has 2 amide bonds. The molecule has 1 aliphatic heterocycles. The molecule has 148 valence electrons. The molecule has 2 heterocycles. The van der Waals surface area contributed by atoms with Crippen molar-refractivity contribution >= 4 is 45.1 Å². The Balaban J connectivity index is 1.63. The largest absolute Gasteiger partial charge is 0.339 e. The van der Waals surface area contributed by atoms with Crippen molar-refractivity contribution in [3.8, 4) is 12.3 Å². The summed E-state index contributed by atoms with van der Waals surface area (Å²) in [4.78, 5) is 31.7. The number of hydrogen-bond acceptors (Lipinski definition) is 4. The lowest BCUT2D eigenvalue weighted by atomic mass is 10.0. The van der Waals surface area contributed by atoms with E-state index in [2.05, 4.69) is 17.8 Å². The molecular weight excluding hydrogens is 390 g/mol. The van der Waals surface area contributed by atoms with E-state index in [1.807, 2.05) is 33.7 Å². The summed E-state index contributed by atoms with van der Waals surface area (Å²) < 4.78 is 2.93. The van der Waals surface area contributed by atoms with Crippen LogP contribution in [0.3, 0.4) is 0 Å². The Morgan fingerprint density at radius 3 is 2.93 bits per heavy atom. The van der Waals surface area contributed by atoms with Crippen LogP contribution in [0.25, 0.3) is 10.2 Å². The highest BCUT2D eigenvalue weighted by Gasteiger charge is 2.25. The van der Waals surface area contributed by atoms with Gasteiger partial charge in [0.15, 0.2) is 4.80 Å². The van der Waals surface area contributed by atoms with E-state index in [0.29, 0.717) is 23.1 Å². The molecule has 1 aromatic heterocycles. The molecule has 2 aromatic rings. The first-order chi connectivity index (χ1) is 13.6. The Bertz CT molecular complexity index is 954. The van der Waals surface area contributed by atoms with Gasteiger partial charge in [0.1, 0.15) is 0 Å². The molecule has 5 nitrogen and oxygen atoms in total. The van der Waals surface area contributed by atoms with Crippen molar-refractivity contribution in [2.24, 2.45) is 4.99 Å². The van der Waals surface area contributed by atoms with Crippen LogP contribution in [-0.2, 0) is 16.1 Å². The third kappa shape index (κ3) is 4.86. The minimum Gasteiger partial charge on any atom is -0.339 e. The fraction of sp³-hybridized carbons (Fsp3) is 0.476. The maximum atomic E-state index is 12.5. The molecule has 0 bridgehead atoms. The number of fused-ring (bicyclic) bond motifs is 1. The van der Waals surface area contributed by atoms with Crippen molar-refractivity contribution in [1.29, 1.82) is 0 Å². The smallest absolute Gasteiger partial charge is 0.258 e. The lowest BCUT2D eigenvalue weighted by Gasteiger charge is -2.35. The highest BCUT2D eigenvalue weighted by molar-refractivity contribution is 8.00. The first kappa shape index (κ1) is 20.7. The van der Waals surface area contributed by atoms with Crippen molar-refractivity contribution in [2.75, 3.05) is 18.1 Å². The Kier molecular flexibility index (Phi) is 7.35. The normalized spacial score (nSPS) is 17.6. The summed E-state index contributed by atoms with van der Waals surface area (Å²) in [5.74, 6) is 3.04. The number of para-hydroxylation sites is 1. The number of thiazole rings is 1. The van der Waals surface area contributed by atoms with Crippen LogP contribution < -0.4 is 4.80 Å². The van der Waals surface area contributed by atoms with Crippen LogP contribution in [0.4, 0.5) is 0 Å². The van der Waals surface area contributed by atoms with Gasteiger partial charge in [0, 0.05) is 12.6 Å². The molecular formula is C21H25N3O2S2. The van der Waals surface area contributed by atoms with E-state index in [0.717, 1.165) is 36.0 Å². The predicted octanol–water partition coefficient (Wildman–Crippen LogP) is 3.29. The minimum absolute atomic E-state index is 0.133. The maximum absolute atomic E-state index is 12.5. The summed E-state index contributed by atoms with van der Waals surface area (Å²) in [5, 5.41) is 0. The standard InChI is InChI=1S/C21H25N3O2S2/c1-3-12-24-17-10-5-6-11-18(17)28-21(24)22-19(25)14-27-15-20(26)23-13-8-7-9-16(23)4-2/h1,5-6,10-11,16H,4,7-9,12-15H2,2H3. The van der Waals surface area contributed by atoms with Crippen molar-refractivity contribution in [2.45, 2.75) is 45.2 Å². The zero-order valence-corrected chi connectivity index (χ0v) is 17.7. The highest BCUT2D eigenvalue weighted by Crippen LogP contribution is 2.21. The van der Waals surface area contributed by atoms with Gasteiger partial charge < -0.3 is 9.47 Å². The first-order valence-electron chi connectivity index (χ1n) is 9.60. The van der Waals surface area contributed by atoms with Crippen LogP contribution >= 0.6 is 23.1 Å². The Labute approximate surface area is 173 Å². The van der Waals surface area contributed by atoms with Gasteiger partial charge in [0.05, 0.1) is 28.3 Å². The van der Waals surface area contributed by atoms with Gasteiger partial charge in [-0.25, -0.2) is 0 Å². The number of carbonyl (C=O) groups is 2. The van der Waals surface area contributed by atoms with Gasteiger partial charge >= 0.3 is 0 Å². The molecule has 7 heteroatoms. The van der Waals surface area contributed by atoms with Gasteiger partial charge in [-0.05, 0) is 37.8 Å². The number of benzene rings is 1. The molecule has 3 rings (SSSR count). The van der Waals surface area contributed by atoms with Crippen molar-refractivity contribution in [3.63, 3.8) is 0 Å². The molecule has 0 spiro atoms. The summed E-state index contributed by atoms with van der Waals surface area (Å²) in [6, 6.07) is 8.22. The van der Waals surface area contributed by atoms with Gasteiger partial charge in [-0.3, -0.25) is 9.59 Å². The second-order valence-corrected chi connectivity index (χ2v) is 8.78. The average molecular weight is 416 g/mol. The van der Waals surface area contributed by atoms with Crippen LogP contribution in [0, 0.1) is 12.3 Å². The topological polar surface area (TPSA) is 54.7 Å². The average Bonchev–Trinajstić information content (AvgIpc) is 3.05. The number of rotatable bonds is 6. The van der Waals surface area contributed by atoms with Crippen LogP contribution in [-0.4, -0.2) is 45.4 Å². The summed E-state index contributed by atoms with van der Waals surface area (Å²) in [7, 11) is 0. The molecule has 1 atom stereocenters. The second kappa shape index (κ2) is 9.94. The van der Waals surface area contributed by atoms with E-state index in [1.54, 1.807) is 0 Å². The van der Waals surface area contributed by atoms with E-state index in [4.69, 9.17) is 6.42 Å². The van der Waals surface area contributed by atoms with Crippen molar-refractivity contribution in [1.82, 2.24) is 9.47 Å². The highest BCUT2D eigenvalue weighted by atomic mass is 32.2. The number of carbonyl (C=O) groups excluding carboxylic acids is 2. The number of aromatic nitrogens is 1. The molecule has 1 aromatic carbocycles. The Morgan fingerprint density at radius 1 is 1.32 bits per heavy atom. The zero-order valence-electron chi connectivity index (χ0n) is 16.1. The monoisotopic (exact) mass is 415 g/mol. The number of amides is 2. The number of thioether (sulfide) groups is 1. The molecule has 1 aliphatic rings. The summed E-state index contributed by atoms with van der Waals surface area (Å²) in [5.41, 5.74) is 0.982. The number of nitrogens with zero attached hydrogens (tertiary/aromatic N) is 3. The van der Waals surface area contributed by atoms with E-state index < -0.39 is 0 Å². The summed E-state index contributed by atoms with van der Waals surface area (Å²) in [6.07, 6.45) is 9.82. The Hall–Kier alpha value is -2.04. The quantitative estimate of drug-likeness (QED) is 0.681. The second-order valence-electron chi connectivity index (χ2n) is 6.79. The predicted molar refractivity (Wildman–Crippen MR) is 116 cm³/mol. The van der Waals surface area contributed by atoms with Crippen LogP contribution in [0.2, 0.25) is 0 Å². The number of piperidine rings is 1. The number of terminal acetylenes is 1. The van der Waals surface area contributed by atoms with Crippen LogP contribution in [0.1, 0.15) is 32.6 Å². The third-order valence-corrected chi connectivity index (χ3v) is 6.89. The van der Waals surface area contributed by atoms with E-state index in [9.17, 15) is 9.59 Å². The van der Waals surface area contributed by atoms with Crippen LogP contribution in [0.5, 0.6) is 0 Å². The van der Waals surface area contributed by atoms with Crippen molar-refractivity contribution < 1.29 is 9.59 Å². The van der Waals surface area contributed by atoms with Gasteiger partial charge in [0.25, 0.3) is 5.91 Å². The fourth-order valence-corrected chi connectivity index (χ4v) is 5.28. The van der Waals surface area contributed by atoms with Gasteiger partial charge in [-0.2, -0.15) is 4.99 Å². The third-order valence-electron chi connectivity index (χ3n) is 4.93. The fourth-order valence-electron chi connectivity index (χ4n) is 3.55. The number of hydrogen-bond donors (Lipinski definition) is 0. The molecule has 1 saturated heterocycles. The molecule has 0 saturated carbocycles. The maximum Gasteiger partial charge on any atom is 0.258 e. The van der Waals surface area contributed by atoms with E-state index >= 15 is 0 Å². The lowest BCUT2D eigenvalue weighted by molar-refractivity contribution is -0.132.